The van der Waals surface area contributed by atoms with Crippen LogP contribution in [0, 0.1) is 5.41 Å². The molecule has 128 valence electrons. The highest BCUT2D eigenvalue weighted by Crippen LogP contribution is 2.22. The lowest BCUT2D eigenvalue weighted by atomic mass is 10.1. The Morgan fingerprint density at radius 3 is 2.29 bits per heavy atom. The average Bonchev–Trinajstić information content (AvgIpc) is 2.60. The number of nitrogens with zero attached hydrogens (tertiary/aromatic N) is 2. The van der Waals surface area contributed by atoms with Crippen LogP contribution in [0.3, 0.4) is 0 Å². The number of ether oxygens (including phenoxy) is 1. The van der Waals surface area contributed by atoms with Gasteiger partial charge in [0.25, 0.3) is 0 Å². The Kier molecular flexibility index (Phi) is 6.18. The zero-order valence-corrected chi connectivity index (χ0v) is 14.9. The number of nitrogens with one attached hydrogen (secondary N) is 2. The number of benzene rings is 1. The quantitative estimate of drug-likeness (QED) is 0.752. The topological polar surface area (TPSA) is 60.7 Å². The monoisotopic (exact) mass is 326 g/mol. The van der Waals surface area contributed by atoms with Gasteiger partial charge in [-0.2, -0.15) is 0 Å². The summed E-state index contributed by atoms with van der Waals surface area (Å²) in [6, 6.07) is 8.21. The molecule has 0 spiro atoms. The molecule has 1 aromatic carbocycles. The molecule has 0 atom stereocenters. The van der Waals surface area contributed by atoms with Crippen LogP contribution in [0.15, 0.2) is 52.9 Å². The van der Waals surface area contributed by atoms with E-state index in [-0.39, 0.29) is 0 Å². The Balaban J connectivity index is 2.30. The summed E-state index contributed by atoms with van der Waals surface area (Å²) in [5.41, 5.74) is 4.02. The number of allylic oxidation sites excluding steroid dienone is 2. The molecule has 2 N–H and O–H groups in total. The zero-order chi connectivity index (χ0) is 17.5. The number of anilines is 1. The Morgan fingerprint density at radius 2 is 1.75 bits per heavy atom. The van der Waals surface area contributed by atoms with Gasteiger partial charge < -0.3 is 15.0 Å². The van der Waals surface area contributed by atoms with E-state index in [9.17, 15) is 0 Å². The minimum absolute atomic E-state index is 0.358. The van der Waals surface area contributed by atoms with Gasteiger partial charge in [0.2, 0.25) is 0 Å². The lowest BCUT2D eigenvalue weighted by Crippen LogP contribution is -2.22. The van der Waals surface area contributed by atoms with Crippen molar-refractivity contribution in [1.29, 1.82) is 5.41 Å². The molecule has 1 aliphatic rings. The van der Waals surface area contributed by atoms with Gasteiger partial charge in [-0.25, -0.2) is 4.99 Å². The maximum atomic E-state index is 8.00. The summed E-state index contributed by atoms with van der Waals surface area (Å²) in [5.74, 6) is 0.551. The summed E-state index contributed by atoms with van der Waals surface area (Å²) in [6.45, 7) is 8.72. The lowest BCUT2D eigenvalue weighted by Gasteiger charge is -2.21. The minimum atomic E-state index is 0.358. The van der Waals surface area contributed by atoms with Crippen LogP contribution >= 0.6 is 0 Å². The fourth-order valence-corrected chi connectivity index (χ4v) is 2.60. The highest BCUT2D eigenvalue weighted by Gasteiger charge is 2.16. The second-order valence-corrected chi connectivity index (χ2v) is 5.35. The molecule has 0 amide bonds. The normalized spacial score (nSPS) is 15.8. The van der Waals surface area contributed by atoms with Gasteiger partial charge in [0.1, 0.15) is 5.76 Å². The van der Waals surface area contributed by atoms with Crippen molar-refractivity contribution in [3.8, 4) is 0 Å². The van der Waals surface area contributed by atoms with Crippen molar-refractivity contribution < 1.29 is 4.74 Å². The van der Waals surface area contributed by atoms with E-state index in [0.717, 1.165) is 30.2 Å². The summed E-state index contributed by atoms with van der Waals surface area (Å²) in [4.78, 5) is 7.00. The predicted octanol–water partition coefficient (Wildman–Crippen LogP) is 3.66. The number of rotatable bonds is 7. The maximum absolute atomic E-state index is 8.00. The first-order chi connectivity index (χ1) is 11.6. The first-order valence-corrected chi connectivity index (χ1v) is 8.39. The third-order valence-corrected chi connectivity index (χ3v) is 3.89. The molecule has 0 heterocycles. The maximum Gasteiger partial charge on any atom is 0.146 e. The zero-order valence-electron chi connectivity index (χ0n) is 14.9. The second kappa shape index (κ2) is 8.34. The Morgan fingerprint density at radius 1 is 1.08 bits per heavy atom. The van der Waals surface area contributed by atoms with Crippen LogP contribution in [-0.2, 0) is 4.74 Å². The molecular formula is C19H26N4O. The van der Waals surface area contributed by atoms with Crippen molar-refractivity contribution in [2.24, 2.45) is 4.99 Å². The van der Waals surface area contributed by atoms with E-state index in [1.807, 2.05) is 32.2 Å². The van der Waals surface area contributed by atoms with Gasteiger partial charge in [-0.05, 0) is 51.1 Å². The number of aliphatic imine (C=N–C) groups is 1. The van der Waals surface area contributed by atoms with E-state index in [1.54, 1.807) is 6.08 Å². The van der Waals surface area contributed by atoms with Crippen molar-refractivity contribution in [1.82, 2.24) is 5.32 Å². The molecule has 0 saturated carbocycles. The van der Waals surface area contributed by atoms with E-state index < -0.39 is 0 Å². The van der Waals surface area contributed by atoms with Gasteiger partial charge >= 0.3 is 0 Å². The lowest BCUT2D eigenvalue weighted by molar-refractivity contribution is 0.250. The molecule has 5 heteroatoms. The van der Waals surface area contributed by atoms with E-state index in [0.29, 0.717) is 18.1 Å². The van der Waals surface area contributed by atoms with Gasteiger partial charge in [0.05, 0.1) is 29.4 Å². The molecule has 1 aliphatic carbocycles. The van der Waals surface area contributed by atoms with Crippen molar-refractivity contribution >= 4 is 22.8 Å². The summed E-state index contributed by atoms with van der Waals surface area (Å²) in [5, 5.41) is 11.1. The van der Waals surface area contributed by atoms with Gasteiger partial charge in [-0.3, -0.25) is 5.41 Å². The fraction of sp³-hybridized carbons (Fsp3) is 0.368. The first-order valence-electron chi connectivity index (χ1n) is 8.39. The molecule has 0 unspecified atom stereocenters. The first kappa shape index (κ1) is 17.8. The largest absolute Gasteiger partial charge is 0.492 e. The highest BCUT2D eigenvalue weighted by atomic mass is 16.5. The molecular weight excluding hydrogens is 300 g/mol. The van der Waals surface area contributed by atoms with Crippen LogP contribution in [0.4, 0.5) is 11.4 Å². The molecule has 2 rings (SSSR count). The Hall–Kier alpha value is -2.56. The molecule has 1 aromatic rings. The number of hydrogen-bond donors (Lipinski definition) is 2. The third-order valence-electron chi connectivity index (χ3n) is 3.89. The van der Waals surface area contributed by atoms with Crippen LogP contribution in [0.25, 0.3) is 0 Å². The van der Waals surface area contributed by atoms with E-state index in [4.69, 9.17) is 15.1 Å². The van der Waals surface area contributed by atoms with Crippen molar-refractivity contribution in [2.45, 2.75) is 20.8 Å². The molecule has 0 radical (unpaired) electrons. The van der Waals surface area contributed by atoms with Crippen LogP contribution in [0.5, 0.6) is 0 Å². The van der Waals surface area contributed by atoms with Crippen molar-refractivity contribution in [2.75, 3.05) is 31.6 Å². The van der Waals surface area contributed by atoms with Gasteiger partial charge in [0.15, 0.2) is 0 Å². The molecule has 0 aromatic heterocycles. The molecule has 0 saturated heterocycles. The SMILES string of the molecule is CCOC1=C/C(=N\c2ccc(N(CC)CC)cc2)C(NC)=CC1=N. The number of hydrogen-bond acceptors (Lipinski definition) is 5. The van der Waals surface area contributed by atoms with Gasteiger partial charge in [0, 0.05) is 31.9 Å². The molecule has 0 bridgehead atoms. The van der Waals surface area contributed by atoms with Gasteiger partial charge in [-0.15, -0.1) is 0 Å². The second-order valence-electron chi connectivity index (χ2n) is 5.35. The average molecular weight is 326 g/mol. The van der Waals surface area contributed by atoms with Crippen LogP contribution in [0.1, 0.15) is 20.8 Å². The summed E-state index contributed by atoms with van der Waals surface area (Å²) >= 11 is 0. The van der Waals surface area contributed by atoms with E-state index in [2.05, 4.69) is 36.2 Å². The predicted molar refractivity (Wildman–Crippen MR) is 102 cm³/mol. The molecule has 24 heavy (non-hydrogen) atoms. The summed E-state index contributed by atoms with van der Waals surface area (Å²) < 4.78 is 5.51. The minimum Gasteiger partial charge on any atom is -0.492 e. The molecule has 0 aliphatic heterocycles. The van der Waals surface area contributed by atoms with E-state index >= 15 is 0 Å². The molecule has 0 fully saturated rings. The Bertz CT molecular complexity index is 667. The summed E-state index contributed by atoms with van der Waals surface area (Å²) in [7, 11) is 1.83. The standard InChI is InChI=1S/C19H26N4O/c1-5-23(6-2)15-10-8-14(9-11-15)22-18-13-19(24-7-3)16(20)12-17(18)21-4/h8-13,20-21H,5-7H2,1-4H3/b20-16?,22-18+. The highest BCUT2D eigenvalue weighted by molar-refractivity contribution is 6.22. The smallest absolute Gasteiger partial charge is 0.146 e. The molecule has 5 nitrogen and oxygen atoms in total. The fourth-order valence-electron chi connectivity index (χ4n) is 2.60. The third kappa shape index (κ3) is 4.04. The van der Waals surface area contributed by atoms with Gasteiger partial charge in [-0.1, -0.05) is 0 Å². The summed E-state index contributed by atoms with van der Waals surface area (Å²) in [6.07, 6.45) is 3.56. The van der Waals surface area contributed by atoms with Crippen LogP contribution in [0.2, 0.25) is 0 Å². The van der Waals surface area contributed by atoms with Crippen LogP contribution < -0.4 is 10.2 Å². The van der Waals surface area contributed by atoms with Crippen molar-refractivity contribution in [3.63, 3.8) is 0 Å². The van der Waals surface area contributed by atoms with Crippen molar-refractivity contribution in [3.05, 3.63) is 47.9 Å². The van der Waals surface area contributed by atoms with E-state index in [1.165, 1.54) is 5.69 Å². The van der Waals surface area contributed by atoms with Crippen LogP contribution in [-0.4, -0.2) is 38.2 Å². The Labute approximate surface area is 144 Å².